The summed E-state index contributed by atoms with van der Waals surface area (Å²) in [5, 5.41) is 6.68. The summed E-state index contributed by atoms with van der Waals surface area (Å²) >= 11 is 0. The van der Waals surface area contributed by atoms with Crippen LogP contribution < -0.4 is 15.4 Å². The maximum atomic E-state index is 14.1. The van der Waals surface area contributed by atoms with E-state index in [1.54, 1.807) is 13.2 Å². The lowest BCUT2D eigenvalue weighted by atomic mass is 10.1. The Balaban J connectivity index is 1.55. The summed E-state index contributed by atoms with van der Waals surface area (Å²) in [5.74, 6) is -0.0251. The van der Waals surface area contributed by atoms with Crippen molar-refractivity contribution in [3.63, 3.8) is 0 Å². The van der Waals surface area contributed by atoms with Crippen molar-refractivity contribution in [3.8, 4) is 5.75 Å². The molecule has 34 heavy (non-hydrogen) atoms. The molecule has 0 aliphatic rings. The molecule has 0 fully saturated rings. The first-order valence-electron chi connectivity index (χ1n) is 10.8. The van der Waals surface area contributed by atoms with Crippen molar-refractivity contribution in [1.29, 1.82) is 0 Å². The number of nitrogens with zero attached hydrogens (tertiary/aromatic N) is 3. The fraction of sp³-hybridized carbons (Fsp3) is 0.200. The lowest BCUT2D eigenvalue weighted by Crippen LogP contribution is -2.37. The number of carbonyl (C=O) groups is 1. The van der Waals surface area contributed by atoms with E-state index in [2.05, 4.69) is 30.6 Å². The number of guanidine groups is 1. The first-order chi connectivity index (χ1) is 16.4. The number of hydrogen-bond acceptors (Lipinski definition) is 5. The Kier molecular flexibility index (Phi) is 6.82. The van der Waals surface area contributed by atoms with Crippen molar-refractivity contribution in [2.75, 3.05) is 19.0 Å². The highest BCUT2D eigenvalue weighted by Crippen LogP contribution is 2.23. The maximum Gasteiger partial charge on any atom is 0.260 e. The molecule has 2 heterocycles. The van der Waals surface area contributed by atoms with Gasteiger partial charge in [-0.25, -0.2) is 14.4 Å². The number of methoxy groups -OCH3 is 1. The number of benzene rings is 2. The number of H-pyrrole nitrogens is 1. The molecular formula is C25H25FN6O2. The predicted octanol–water partition coefficient (Wildman–Crippen LogP) is 4.16. The quantitative estimate of drug-likeness (QED) is 0.296. The number of rotatable bonds is 6. The second kappa shape index (κ2) is 10.1. The Hall–Kier alpha value is -4.27. The summed E-state index contributed by atoms with van der Waals surface area (Å²) in [6, 6.07) is 13.4. The minimum atomic E-state index is -0.618. The molecule has 0 unspecified atom stereocenters. The van der Waals surface area contributed by atoms with E-state index in [-0.39, 0.29) is 11.5 Å². The van der Waals surface area contributed by atoms with Gasteiger partial charge in [0.25, 0.3) is 5.91 Å². The van der Waals surface area contributed by atoms with Gasteiger partial charge in [0.2, 0.25) is 11.9 Å². The number of nitrogens with one attached hydrogen (secondary N) is 3. The number of amides is 1. The zero-order chi connectivity index (χ0) is 24.1. The SMILES string of the molecule is COc1ccc2c(CCN=C(NC(=O)c3ccccc3F)Nc3nc(C)cc(C)n3)c[nH]c2c1. The molecule has 0 spiro atoms. The van der Waals surface area contributed by atoms with E-state index in [0.29, 0.717) is 18.9 Å². The zero-order valence-electron chi connectivity index (χ0n) is 19.1. The van der Waals surface area contributed by atoms with Gasteiger partial charge in [-0.15, -0.1) is 0 Å². The van der Waals surface area contributed by atoms with Crippen LogP contribution in [-0.2, 0) is 6.42 Å². The molecule has 0 atom stereocenters. The Labute approximate surface area is 196 Å². The fourth-order valence-electron chi connectivity index (χ4n) is 3.61. The highest BCUT2D eigenvalue weighted by Gasteiger charge is 2.14. The summed E-state index contributed by atoms with van der Waals surface area (Å²) < 4.78 is 19.4. The summed E-state index contributed by atoms with van der Waals surface area (Å²) in [5.41, 5.74) is 3.49. The molecule has 2 aromatic carbocycles. The van der Waals surface area contributed by atoms with Gasteiger partial charge in [-0.05, 0) is 56.2 Å². The molecule has 1 amide bonds. The molecular weight excluding hydrogens is 435 g/mol. The molecule has 0 aliphatic heterocycles. The van der Waals surface area contributed by atoms with Crippen LogP contribution in [0, 0.1) is 19.7 Å². The van der Waals surface area contributed by atoms with Crippen LogP contribution in [0.2, 0.25) is 0 Å². The van der Waals surface area contributed by atoms with Gasteiger partial charge in [-0.1, -0.05) is 12.1 Å². The first kappa shape index (κ1) is 22.9. The second-order valence-electron chi connectivity index (χ2n) is 7.74. The molecule has 8 nitrogen and oxygen atoms in total. The van der Waals surface area contributed by atoms with Crippen molar-refractivity contribution in [2.45, 2.75) is 20.3 Å². The third-order valence-corrected chi connectivity index (χ3v) is 5.19. The number of aromatic amines is 1. The Bertz CT molecular complexity index is 1340. The highest BCUT2D eigenvalue weighted by atomic mass is 19.1. The van der Waals surface area contributed by atoms with E-state index in [4.69, 9.17) is 4.74 Å². The molecule has 0 aliphatic carbocycles. The molecule has 0 saturated heterocycles. The third kappa shape index (κ3) is 5.37. The molecule has 174 valence electrons. The van der Waals surface area contributed by atoms with Crippen molar-refractivity contribution >= 4 is 28.7 Å². The van der Waals surface area contributed by atoms with Crippen molar-refractivity contribution < 1.29 is 13.9 Å². The maximum absolute atomic E-state index is 14.1. The van der Waals surface area contributed by atoms with Gasteiger partial charge in [0.05, 0.1) is 12.7 Å². The van der Waals surface area contributed by atoms with Crippen LogP contribution in [0.1, 0.15) is 27.3 Å². The van der Waals surface area contributed by atoms with Crippen LogP contribution in [0.25, 0.3) is 10.9 Å². The van der Waals surface area contributed by atoms with Crippen molar-refractivity contribution in [2.24, 2.45) is 4.99 Å². The van der Waals surface area contributed by atoms with E-state index >= 15 is 0 Å². The van der Waals surface area contributed by atoms with E-state index < -0.39 is 11.7 Å². The Morgan fingerprint density at radius 3 is 2.62 bits per heavy atom. The van der Waals surface area contributed by atoms with E-state index in [9.17, 15) is 9.18 Å². The smallest absolute Gasteiger partial charge is 0.260 e. The standard InChI is InChI=1S/C25H25FN6O2/c1-15-12-16(2)30-25(29-15)32-24(31-23(33)20-6-4-5-7-21(20)26)27-11-10-17-14-28-22-13-18(34-3)8-9-19(17)22/h4-9,12-14,28H,10-11H2,1-3H3,(H2,27,29,30,31,32,33). The van der Waals surface area contributed by atoms with E-state index in [1.807, 2.05) is 44.3 Å². The van der Waals surface area contributed by atoms with E-state index in [1.165, 1.54) is 18.2 Å². The number of anilines is 1. The van der Waals surface area contributed by atoms with Gasteiger partial charge in [-0.3, -0.25) is 20.4 Å². The van der Waals surface area contributed by atoms with Gasteiger partial charge < -0.3 is 9.72 Å². The summed E-state index contributed by atoms with van der Waals surface area (Å²) in [4.78, 5) is 29.1. The highest BCUT2D eigenvalue weighted by molar-refractivity contribution is 6.09. The second-order valence-corrected chi connectivity index (χ2v) is 7.74. The van der Waals surface area contributed by atoms with E-state index in [0.717, 1.165) is 33.6 Å². The number of carbonyl (C=O) groups excluding carboxylic acids is 1. The molecule has 0 bridgehead atoms. The van der Waals surface area contributed by atoms with Gasteiger partial charge in [0.15, 0.2) is 0 Å². The van der Waals surface area contributed by atoms with Crippen molar-refractivity contribution in [1.82, 2.24) is 20.3 Å². The number of aromatic nitrogens is 3. The number of aryl methyl sites for hydroxylation is 2. The Morgan fingerprint density at radius 1 is 1.12 bits per heavy atom. The molecule has 4 rings (SSSR count). The van der Waals surface area contributed by atoms with Crippen LogP contribution in [0.15, 0.2) is 59.7 Å². The number of halogens is 1. The average Bonchev–Trinajstić information content (AvgIpc) is 3.20. The molecule has 0 radical (unpaired) electrons. The molecule has 0 saturated carbocycles. The molecule has 2 aromatic heterocycles. The number of ether oxygens (including phenoxy) is 1. The van der Waals surface area contributed by atoms with Gasteiger partial charge in [-0.2, -0.15) is 0 Å². The van der Waals surface area contributed by atoms with Crippen LogP contribution in [0.5, 0.6) is 5.75 Å². The monoisotopic (exact) mass is 460 g/mol. The third-order valence-electron chi connectivity index (χ3n) is 5.19. The van der Waals surface area contributed by atoms with Crippen molar-refractivity contribution in [3.05, 3.63) is 83.1 Å². The Morgan fingerprint density at radius 2 is 1.88 bits per heavy atom. The van der Waals surface area contributed by atoms with Crippen LogP contribution in [0.3, 0.4) is 0 Å². The lowest BCUT2D eigenvalue weighted by Gasteiger charge is -2.12. The summed E-state index contributed by atoms with van der Waals surface area (Å²) in [6.07, 6.45) is 2.54. The largest absolute Gasteiger partial charge is 0.497 e. The van der Waals surface area contributed by atoms with Crippen LogP contribution in [0.4, 0.5) is 10.3 Å². The topological polar surface area (TPSA) is 104 Å². The van der Waals surface area contributed by atoms with Gasteiger partial charge in [0, 0.05) is 41.1 Å². The number of hydrogen-bond donors (Lipinski definition) is 3. The van der Waals surface area contributed by atoms with Gasteiger partial charge in [0.1, 0.15) is 11.6 Å². The lowest BCUT2D eigenvalue weighted by molar-refractivity contribution is 0.0973. The van der Waals surface area contributed by atoms with Crippen LogP contribution >= 0.6 is 0 Å². The molecule has 9 heteroatoms. The van der Waals surface area contributed by atoms with Crippen LogP contribution in [-0.4, -0.2) is 40.5 Å². The molecule has 3 N–H and O–H groups in total. The number of fused-ring (bicyclic) bond motifs is 1. The predicted molar refractivity (Wildman–Crippen MR) is 130 cm³/mol. The normalized spacial score (nSPS) is 11.5. The first-order valence-corrected chi connectivity index (χ1v) is 10.8. The van der Waals surface area contributed by atoms with Gasteiger partial charge >= 0.3 is 0 Å². The molecule has 4 aromatic rings. The summed E-state index contributed by atoms with van der Waals surface area (Å²) in [7, 11) is 1.63. The zero-order valence-corrected chi connectivity index (χ0v) is 19.1. The number of aliphatic imine (C=N–C) groups is 1. The summed E-state index contributed by atoms with van der Waals surface area (Å²) in [6.45, 7) is 4.06. The average molecular weight is 461 g/mol. The fourth-order valence-corrected chi connectivity index (χ4v) is 3.61. The minimum Gasteiger partial charge on any atom is -0.497 e. The minimum absolute atomic E-state index is 0.0797.